The van der Waals surface area contributed by atoms with Gasteiger partial charge in [0.25, 0.3) is 5.91 Å². The predicted octanol–water partition coefficient (Wildman–Crippen LogP) is 3.99. The van der Waals surface area contributed by atoms with Crippen LogP contribution in [0.1, 0.15) is 41.6 Å². The van der Waals surface area contributed by atoms with Crippen molar-refractivity contribution in [1.82, 2.24) is 5.32 Å². The number of carbonyl (C=O) groups is 1. The van der Waals surface area contributed by atoms with E-state index in [0.29, 0.717) is 17.1 Å². The Kier molecular flexibility index (Phi) is 6.08. The molecule has 0 radical (unpaired) electrons. The minimum Gasteiger partial charge on any atom is -0.392 e. The Hall–Kier alpha value is -1.88. The largest absolute Gasteiger partial charge is 0.392 e. The van der Waals surface area contributed by atoms with Gasteiger partial charge in [0, 0.05) is 18.3 Å². The molecule has 1 aliphatic carbocycles. The molecule has 0 saturated heterocycles. The number of hydrogen-bond acceptors (Lipinski definition) is 3. The molecule has 0 heterocycles. The maximum absolute atomic E-state index is 12.4. The van der Waals surface area contributed by atoms with Gasteiger partial charge in [-0.3, -0.25) is 4.79 Å². The number of nitrogens with one attached hydrogen (secondary N) is 2. The molecule has 2 aromatic rings. The van der Waals surface area contributed by atoms with E-state index in [0.717, 1.165) is 36.9 Å². The summed E-state index contributed by atoms with van der Waals surface area (Å²) in [6.07, 6.45) is 3.86. The highest BCUT2D eigenvalue weighted by atomic mass is 35.5. The van der Waals surface area contributed by atoms with Crippen LogP contribution in [0.3, 0.4) is 0 Å². The minimum atomic E-state index is -0.267. The van der Waals surface area contributed by atoms with Crippen LogP contribution < -0.4 is 10.6 Å². The molecule has 4 nitrogen and oxygen atoms in total. The first kappa shape index (κ1) is 17.9. The molecule has 3 rings (SSSR count). The number of halogens is 1. The third-order valence-electron chi connectivity index (χ3n) is 4.60. The normalized spacial score (nSPS) is 20.2. The van der Waals surface area contributed by atoms with Crippen molar-refractivity contribution in [2.45, 2.75) is 44.4 Å². The molecule has 0 aliphatic heterocycles. The van der Waals surface area contributed by atoms with E-state index in [9.17, 15) is 9.90 Å². The van der Waals surface area contributed by atoms with Gasteiger partial charge in [-0.05, 0) is 42.7 Å². The van der Waals surface area contributed by atoms with Crippen molar-refractivity contribution in [1.29, 1.82) is 0 Å². The van der Waals surface area contributed by atoms with E-state index in [4.69, 9.17) is 11.6 Å². The van der Waals surface area contributed by atoms with Gasteiger partial charge >= 0.3 is 0 Å². The molecule has 132 valence electrons. The van der Waals surface area contributed by atoms with Gasteiger partial charge in [-0.25, -0.2) is 0 Å². The zero-order chi connectivity index (χ0) is 17.6. The molecule has 1 aliphatic rings. The fraction of sp³-hybridized carbons (Fsp3) is 0.350. The Labute approximate surface area is 153 Å². The van der Waals surface area contributed by atoms with Crippen LogP contribution in [0.15, 0.2) is 48.5 Å². The summed E-state index contributed by atoms with van der Waals surface area (Å²) in [6, 6.07) is 14.9. The van der Waals surface area contributed by atoms with Gasteiger partial charge < -0.3 is 15.7 Å². The Morgan fingerprint density at radius 2 is 1.92 bits per heavy atom. The van der Waals surface area contributed by atoms with Crippen molar-refractivity contribution in [3.8, 4) is 0 Å². The van der Waals surface area contributed by atoms with Gasteiger partial charge in [-0.2, -0.15) is 0 Å². The monoisotopic (exact) mass is 358 g/mol. The van der Waals surface area contributed by atoms with Gasteiger partial charge in [0.15, 0.2) is 0 Å². The lowest BCUT2D eigenvalue weighted by Crippen LogP contribution is -2.41. The smallest absolute Gasteiger partial charge is 0.257 e. The second-order valence-electron chi connectivity index (χ2n) is 6.47. The molecule has 5 heteroatoms. The number of anilines is 1. The summed E-state index contributed by atoms with van der Waals surface area (Å²) in [4.78, 5) is 12.4. The average Bonchev–Trinajstić information content (AvgIpc) is 2.62. The minimum absolute atomic E-state index is 0.148. The van der Waals surface area contributed by atoms with Crippen LogP contribution in [-0.4, -0.2) is 23.2 Å². The summed E-state index contributed by atoms with van der Waals surface area (Å²) in [6.45, 7) is 0.664. The molecule has 0 bridgehead atoms. The lowest BCUT2D eigenvalue weighted by atomic mass is 9.92. The van der Waals surface area contributed by atoms with E-state index >= 15 is 0 Å². The number of amides is 1. The van der Waals surface area contributed by atoms with E-state index in [-0.39, 0.29) is 18.1 Å². The van der Waals surface area contributed by atoms with Crippen molar-refractivity contribution in [3.05, 3.63) is 64.7 Å². The molecule has 2 aromatic carbocycles. The number of aliphatic hydroxyl groups excluding tert-OH is 1. The molecule has 25 heavy (non-hydrogen) atoms. The molecule has 1 saturated carbocycles. The summed E-state index contributed by atoms with van der Waals surface area (Å²) in [7, 11) is 0. The Bertz CT molecular complexity index is 735. The second kappa shape index (κ2) is 8.48. The first-order valence-electron chi connectivity index (χ1n) is 8.70. The Morgan fingerprint density at radius 3 is 2.72 bits per heavy atom. The third-order valence-corrected chi connectivity index (χ3v) is 4.93. The van der Waals surface area contributed by atoms with Crippen LogP contribution in [-0.2, 0) is 6.54 Å². The standard InChI is InChI=1S/C20H23ClN2O2/c21-17-9-2-1-8-16(17)20(25)23-15-7-5-6-14(12-15)13-22-18-10-3-4-11-19(18)24/h1-2,5-9,12,18-19,22,24H,3-4,10-11,13H2,(H,23,25)/t18-,19-/m1/s1. The highest BCUT2D eigenvalue weighted by Crippen LogP contribution is 2.20. The first-order valence-corrected chi connectivity index (χ1v) is 9.07. The van der Waals surface area contributed by atoms with Gasteiger partial charge in [0.05, 0.1) is 16.7 Å². The molecule has 3 N–H and O–H groups in total. The van der Waals surface area contributed by atoms with Crippen LogP contribution in [0.4, 0.5) is 5.69 Å². The van der Waals surface area contributed by atoms with Crippen molar-refractivity contribution in [3.63, 3.8) is 0 Å². The van der Waals surface area contributed by atoms with Crippen molar-refractivity contribution in [2.24, 2.45) is 0 Å². The van der Waals surface area contributed by atoms with Crippen molar-refractivity contribution < 1.29 is 9.90 Å². The van der Waals surface area contributed by atoms with E-state index in [1.54, 1.807) is 24.3 Å². The molecule has 0 spiro atoms. The van der Waals surface area contributed by atoms with Gasteiger partial charge in [-0.1, -0.05) is 48.7 Å². The summed E-state index contributed by atoms with van der Waals surface area (Å²) in [5.41, 5.74) is 2.25. The van der Waals surface area contributed by atoms with E-state index < -0.39 is 0 Å². The maximum atomic E-state index is 12.4. The first-order chi connectivity index (χ1) is 12.1. The zero-order valence-electron chi connectivity index (χ0n) is 14.0. The van der Waals surface area contributed by atoms with Gasteiger partial charge in [0.1, 0.15) is 0 Å². The van der Waals surface area contributed by atoms with E-state index in [1.807, 2.05) is 24.3 Å². The lowest BCUT2D eigenvalue weighted by molar-refractivity contribution is 0.0902. The zero-order valence-corrected chi connectivity index (χ0v) is 14.8. The number of benzene rings is 2. The van der Waals surface area contributed by atoms with Crippen molar-refractivity contribution >= 4 is 23.2 Å². The molecule has 0 aromatic heterocycles. The molecule has 1 amide bonds. The molecular formula is C20H23ClN2O2. The molecular weight excluding hydrogens is 336 g/mol. The topological polar surface area (TPSA) is 61.4 Å². The van der Waals surface area contributed by atoms with Crippen molar-refractivity contribution in [2.75, 3.05) is 5.32 Å². The number of carbonyl (C=O) groups excluding carboxylic acids is 1. The Balaban J connectivity index is 1.61. The predicted molar refractivity (Wildman–Crippen MR) is 101 cm³/mol. The van der Waals surface area contributed by atoms with Crippen LogP contribution in [0, 0.1) is 0 Å². The maximum Gasteiger partial charge on any atom is 0.257 e. The third kappa shape index (κ3) is 4.82. The average molecular weight is 359 g/mol. The molecule has 0 unspecified atom stereocenters. The lowest BCUT2D eigenvalue weighted by Gasteiger charge is -2.28. The fourth-order valence-corrected chi connectivity index (χ4v) is 3.42. The SMILES string of the molecule is O=C(Nc1cccc(CN[C@@H]2CCCC[C@H]2O)c1)c1ccccc1Cl. The van der Waals surface area contributed by atoms with Gasteiger partial charge in [0.2, 0.25) is 0 Å². The van der Waals surface area contributed by atoms with Crippen LogP contribution in [0.25, 0.3) is 0 Å². The van der Waals surface area contributed by atoms with E-state index in [1.165, 1.54) is 0 Å². The summed E-state index contributed by atoms with van der Waals surface area (Å²) in [5.74, 6) is -0.224. The number of hydrogen-bond donors (Lipinski definition) is 3. The Morgan fingerprint density at radius 1 is 1.12 bits per heavy atom. The molecule has 1 fully saturated rings. The summed E-state index contributed by atoms with van der Waals surface area (Å²) < 4.78 is 0. The highest BCUT2D eigenvalue weighted by Gasteiger charge is 2.22. The summed E-state index contributed by atoms with van der Waals surface area (Å²) >= 11 is 6.07. The van der Waals surface area contributed by atoms with E-state index in [2.05, 4.69) is 10.6 Å². The summed E-state index contributed by atoms with van der Waals surface area (Å²) in [5, 5.41) is 16.8. The second-order valence-corrected chi connectivity index (χ2v) is 6.88. The number of rotatable bonds is 5. The fourth-order valence-electron chi connectivity index (χ4n) is 3.20. The number of aliphatic hydroxyl groups is 1. The van der Waals surface area contributed by atoms with Crippen LogP contribution in [0.2, 0.25) is 5.02 Å². The quantitative estimate of drug-likeness (QED) is 0.757. The van der Waals surface area contributed by atoms with Crippen LogP contribution >= 0.6 is 11.6 Å². The van der Waals surface area contributed by atoms with Gasteiger partial charge in [-0.15, -0.1) is 0 Å². The van der Waals surface area contributed by atoms with Crippen LogP contribution in [0.5, 0.6) is 0 Å². The highest BCUT2D eigenvalue weighted by molar-refractivity contribution is 6.34. The molecule has 2 atom stereocenters.